The number of carboxylic acid groups (broad SMARTS) is 1. The third kappa shape index (κ3) is 4.00. The fraction of sp³-hybridized carbons (Fsp3) is 0.176. The van der Waals surface area contributed by atoms with E-state index in [1.807, 2.05) is 0 Å². The van der Waals surface area contributed by atoms with Crippen LogP contribution in [-0.4, -0.2) is 21.8 Å². The van der Waals surface area contributed by atoms with Crippen LogP contribution in [0.25, 0.3) is 11.1 Å². The molecule has 2 aromatic carbocycles. The van der Waals surface area contributed by atoms with E-state index in [9.17, 15) is 19.7 Å². The molecule has 0 aliphatic carbocycles. The summed E-state index contributed by atoms with van der Waals surface area (Å²) in [5.74, 6) is -1.29. The SMILES string of the molecule is Cc1ccc(-c2ccc(C(=O)CCC(=O)O)cc2)c([N+](=O)[O-])c1. The van der Waals surface area contributed by atoms with E-state index in [2.05, 4.69) is 0 Å². The fourth-order valence-corrected chi connectivity index (χ4v) is 2.24. The van der Waals surface area contributed by atoms with Crippen LogP contribution >= 0.6 is 0 Å². The smallest absolute Gasteiger partial charge is 0.303 e. The molecule has 0 radical (unpaired) electrons. The fourth-order valence-electron chi connectivity index (χ4n) is 2.24. The number of nitro benzene ring substituents is 1. The van der Waals surface area contributed by atoms with Gasteiger partial charge in [0.05, 0.1) is 16.9 Å². The first-order valence-corrected chi connectivity index (χ1v) is 6.99. The number of carbonyl (C=O) groups excluding carboxylic acids is 1. The van der Waals surface area contributed by atoms with Gasteiger partial charge in [0.1, 0.15) is 0 Å². The lowest BCUT2D eigenvalue weighted by atomic mass is 9.99. The lowest BCUT2D eigenvalue weighted by Crippen LogP contribution is -2.03. The van der Waals surface area contributed by atoms with Crippen LogP contribution in [-0.2, 0) is 4.79 Å². The second-order valence-electron chi connectivity index (χ2n) is 5.17. The third-order valence-corrected chi connectivity index (χ3v) is 3.43. The molecule has 1 N–H and O–H groups in total. The maximum Gasteiger partial charge on any atom is 0.303 e. The van der Waals surface area contributed by atoms with Gasteiger partial charge in [-0.25, -0.2) is 0 Å². The number of hydrogen-bond donors (Lipinski definition) is 1. The number of carbonyl (C=O) groups is 2. The van der Waals surface area contributed by atoms with Crippen molar-refractivity contribution in [3.63, 3.8) is 0 Å². The average molecular weight is 313 g/mol. The summed E-state index contributed by atoms with van der Waals surface area (Å²) < 4.78 is 0. The first-order valence-electron chi connectivity index (χ1n) is 6.99. The average Bonchev–Trinajstić information content (AvgIpc) is 2.52. The first kappa shape index (κ1) is 16.4. The number of hydrogen-bond acceptors (Lipinski definition) is 4. The van der Waals surface area contributed by atoms with Gasteiger partial charge in [0.2, 0.25) is 0 Å². The number of nitrogens with zero attached hydrogens (tertiary/aromatic N) is 1. The number of ketones is 1. The van der Waals surface area contributed by atoms with E-state index in [-0.39, 0.29) is 24.3 Å². The van der Waals surface area contributed by atoms with Gasteiger partial charge in [0, 0.05) is 18.1 Å². The van der Waals surface area contributed by atoms with Crippen LogP contribution < -0.4 is 0 Å². The largest absolute Gasteiger partial charge is 0.481 e. The van der Waals surface area contributed by atoms with Crippen molar-refractivity contribution in [2.45, 2.75) is 19.8 Å². The number of rotatable bonds is 6. The van der Waals surface area contributed by atoms with E-state index < -0.39 is 10.9 Å². The molecule has 0 amide bonds. The molecule has 0 unspecified atom stereocenters. The van der Waals surface area contributed by atoms with Gasteiger partial charge in [0.15, 0.2) is 5.78 Å². The molecule has 0 aliphatic heterocycles. The molecule has 0 spiro atoms. The highest BCUT2D eigenvalue weighted by molar-refractivity contribution is 5.97. The Morgan fingerprint density at radius 2 is 1.74 bits per heavy atom. The summed E-state index contributed by atoms with van der Waals surface area (Å²) in [5, 5.41) is 19.8. The zero-order chi connectivity index (χ0) is 17.0. The second kappa shape index (κ2) is 6.83. The van der Waals surface area contributed by atoms with Crippen molar-refractivity contribution in [2.75, 3.05) is 0 Å². The summed E-state index contributed by atoms with van der Waals surface area (Å²) in [7, 11) is 0. The topological polar surface area (TPSA) is 97.5 Å². The van der Waals surface area contributed by atoms with Gasteiger partial charge in [-0.05, 0) is 24.1 Å². The van der Waals surface area contributed by atoms with E-state index in [1.165, 1.54) is 6.07 Å². The molecular weight excluding hydrogens is 298 g/mol. The van der Waals surface area contributed by atoms with Crippen LogP contribution in [0.5, 0.6) is 0 Å². The van der Waals surface area contributed by atoms with Gasteiger partial charge in [-0.3, -0.25) is 19.7 Å². The molecular formula is C17H15NO5. The summed E-state index contributed by atoms with van der Waals surface area (Å²) in [4.78, 5) is 33.1. The standard InChI is InChI=1S/C17H15NO5/c1-11-2-7-14(15(10-11)18(22)23)12-3-5-13(6-4-12)16(19)8-9-17(20)21/h2-7,10H,8-9H2,1H3,(H,20,21). The Kier molecular flexibility index (Phi) is 4.85. The molecule has 0 fully saturated rings. The number of Topliss-reactive ketones (excluding diaryl/α,β-unsaturated/α-hetero) is 1. The van der Waals surface area contributed by atoms with Crippen LogP contribution in [0.1, 0.15) is 28.8 Å². The highest BCUT2D eigenvalue weighted by atomic mass is 16.6. The van der Waals surface area contributed by atoms with Gasteiger partial charge < -0.3 is 5.11 Å². The minimum Gasteiger partial charge on any atom is -0.481 e. The third-order valence-electron chi connectivity index (χ3n) is 3.43. The molecule has 0 atom stereocenters. The Bertz CT molecular complexity index is 765. The maximum absolute atomic E-state index is 11.8. The summed E-state index contributed by atoms with van der Waals surface area (Å²) in [6, 6.07) is 11.3. The molecule has 2 aromatic rings. The molecule has 2 rings (SSSR count). The summed E-state index contributed by atoms with van der Waals surface area (Å²) >= 11 is 0. The van der Waals surface area contributed by atoms with Crippen molar-refractivity contribution >= 4 is 17.4 Å². The zero-order valence-electron chi connectivity index (χ0n) is 12.5. The Balaban J connectivity index is 2.28. The summed E-state index contributed by atoms with van der Waals surface area (Å²) in [6.07, 6.45) is -0.288. The molecule has 6 heteroatoms. The molecule has 118 valence electrons. The van der Waals surface area contributed by atoms with Gasteiger partial charge in [-0.15, -0.1) is 0 Å². The van der Waals surface area contributed by atoms with Crippen molar-refractivity contribution in [3.05, 3.63) is 63.7 Å². The van der Waals surface area contributed by atoms with Crippen molar-refractivity contribution in [3.8, 4) is 11.1 Å². The van der Waals surface area contributed by atoms with Gasteiger partial charge in [-0.2, -0.15) is 0 Å². The lowest BCUT2D eigenvalue weighted by Gasteiger charge is -2.06. The molecule has 6 nitrogen and oxygen atoms in total. The van der Waals surface area contributed by atoms with Gasteiger partial charge >= 0.3 is 5.97 Å². The predicted octanol–water partition coefficient (Wildman–Crippen LogP) is 3.62. The Morgan fingerprint density at radius 3 is 2.30 bits per heavy atom. The van der Waals surface area contributed by atoms with Crippen molar-refractivity contribution in [1.82, 2.24) is 0 Å². The second-order valence-corrected chi connectivity index (χ2v) is 5.17. The minimum atomic E-state index is -1.02. The monoisotopic (exact) mass is 313 g/mol. The van der Waals surface area contributed by atoms with E-state index in [1.54, 1.807) is 43.3 Å². The molecule has 0 aliphatic rings. The Morgan fingerprint density at radius 1 is 1.09 bits per heavy atom. The van der Waals surface area contributed by atoms with Crippen molar-refractivity contribution in [1.29, 1.82) is 0 Å². The normalized spacial score (nSPS) is 10.3. The highest BCUT2D eigenvalue weighted by Crippen LogP contribution is 2.30. The molecule has 0 saturated heterocycles. The first-order chi connectivity index (χ1) is 10.9. The predicted molar refractivity (Wildman–Crippen MR) is 84.5 cm³/mol. The molecule has 0 heterocycles. The maximum atomic E-state index is 11.8. The Labute approximate surface area is 132 Å². The number of carboxylic acids is 1. The summed E-state index contributed by atoms with van der Waals surface area (Å²) in [6.45, 7) is 1.78. The molecule has 0 bridgehead atoms. The Hall–Kier alpha value is -3.02. The molecule has 0 aromatic heterocycles. The van der Waals surface area contributed by atoms with Gasteiger partial charge in [-0.1, -0.05) is 30.3 Å². The van der Waals surface area contributed by atoms with Crippen LogP contribution in [0.2, 0.25) is 0 Å². The van der Waals surface area contributed by atoms with Crippen LogP contribution in [0.4, 0.5) is 5.69 Å². The van der Waals surface area contributed by atoms with E-state index in [0.717, 1.165) is 5.56 Å². The number of benzene rings is 2. The number of aryl methyl sites for hydroxylation is 1. The molecule has 0 saturated carbocycles. The highest BCUT2D eigenvalue weighted by Gasteiger charge is 2.16. The molecule has 23 heavy (non-hydrogen) atoms. The summed E-state index contributed by atoms with van der Waals surface area (Å²) in [5.41, 5.74) is 2.30. The minimum absolute atomic E-state index is 0.00922. The van der Waals surface area contributed by atoms with Crippen LogP contribution in [0.15, 0.2) is 42.5 Å². The van der Waals surface area contributed by atoms with E-state index in [0.29, 0.717) is 16.7 Å². The zero-order valence-corrected chi connectivity index (χ0v) is 12.5. The van der Waals surface area contributed by atoms with Crippen LogP contribution in [0.3, 0.4) is 0 Å². The number of aliphatic carboxylic acids is 1. The number of nitro groups is 1. The van der Waals surface area contributed by atoms with Crippen LogP contribution in [0, 0.1) is 17.0 Å². The van der Waals surface area contributed by atoms with Gasteiger partial charge in [0.25, 0.3) is 5.69 Å². The van der Waals surface area contributed by atoms with E-state index in [4.69, 9.17) is 5.11 Å². The van der Waals surface area contributed by atoms with E-state index >= 15 is 0 Å². The van der Waals surface area contributed by atoms with Crippen molar-refractivity contribution < 1.29 is 19.6 Å². The lowest BCUT2D eigenvalue weighted by molar-refractivity contribution is -0.384. The van der Waals surface area contributed by atoms with Crippen molar-refractivity contribution in [2.24, 2.45) is 0 Å². The quantitative estimate of drug-likeness (QED) is 0.499.